The fourth-order valence-electron chi connectivity index (χ4n) is 4.03. The van der Waals surface area contributed by atoms with Gasteiger partial charge in [0.05, 0.1) is 0 Å². The van der Waals surface area contributed by atoms with E-state index in [1.54, 1.807) is 0 Å². The van der Waals surface area contributed by atoms with Gasteiger partial charge in [0.1, 0.15) is 0 Å². The fourth-order valence-corrected chi connectivity index (χ4v) is 4.03. The van der Waals surface area contributed by atoms with Gasteiger partial charge in [-0.15, -0.1) is 0 Å². The fraction of sp³-hybridized carbons (Fsp3) is 1.00. The molecule has 0 saturated heterocycles. The first-order chi connectivity index (χ1) is 7.12. The molecule has 0 fully saturated rings. The minimum Gasteiger partial charge on any atom is -0.0602 e. The average molecular weight is 240 g/mol. The van der Waals surface area contributed by atoms with Crippen molar-refractivity contribution in [3.63, 3.8) is 0 Å². The van der Waals surface area contributed by atoms with E-state index in [0.717, 1.165) is 0 Å². The van der Waals surface area contributed by atoms with Gasteiger partial charge in [-0.2, -0.15) is 0 Å². The van der Waals surface area contributed by atoms with Gasteiger partial charge in [0, 0.05) is 0 Å². The summed E-state index contributed by atoms with van der Waals surface area (Å²) in [5, 5.41) is 0. The highest BCUT2D eigenvalue weighted by atomic mass is 14.4. The molecule has 0 aliphatic carbocycles. The van der Waals surface area contributed by atoms with Crippen LogP contribution >= 0.6 is 0 Å². The van der Waals surface area contributed by atoms with E-state index in [4.69, 9.17) is 0 Å². The summed E-state index contributed by atoms with van der Waals surface area (Å²) in [6.07, 6.45) is 3.94. The summed E-state index contributed by atoms with van der Waals surface area (Å²) in [5.41, 5.74) is 1.72. The van der Waals surface area contributed by atoms with Gasteiger partial charge < -0.3 is 0 Å². The Bertz CT molecular complexity index is 185. The van der Waals surface area contributed by atoms with Crippen molar-refractivity contribution in [3.05, 3.63) is 0 Å². The first kappa shape index (κ1) is 17.0. The summed E-state index contributed by atoms with van der Waals surface area (Å²) in [6.45, 7) is 23.8. The van der Waals surface area contributed by atoms with Gasteiger partial charge in [-0.25, -0.2) is 0 Å². The Balaban J connectivity index is 4.95. The lowest BCUT2D eigenvalue weighted by Crippen LogP contribution is -2.32. The first-order valence-electron chi connectivity index (χ1n) is 7.12. The topological polar surface area (TPSA) is 0 Å². The second kappa shape index (κ2) is 4.94. The van der Waals surface area contributed by atoms with Crippen molar-refractivity contribution >= 4 is 0 Å². The van der Waals surface area contributed by atoms with Crippen LogP contribution in [-0.2, 0) is 0 Å². The zero-order valence-electron chi connectivity index (χ0n) is 14.1. The van der Waals surface area contributed by atoms with Crippen molar-refractivity contribution in [2.24, 2.45) is 21.7 Å². The van der Waals surface area contributed by atoms with Crippen molar-refractivity contribution in [1.29, 1.82) is 0 Å². The lowest BCUT2D eigenvalue weighted by molar-refractivity contribution is 0.0758. The van der Waals surface area contributed by atoms with Crippen LogP contribution in [0.4, 0.5) is 0 Å². The SMILES string of the molecule is CC(C)(C)CC(C)(CC(C)(C)C)CC(C)(C)C. The van der Waals surface area contributed by atoms with E-state index < -0.39 is 0 Å². The largest absolute Gasteiger partial charge is 0.0602 e. The first-order valence-corrected chi connectivity index (χ1v) is 7.12. The molecule has 0 N–H and O–H groups in total. The molecule has 0 aliphatic heterocycles. The van der Waals surface area contributed by atoms with Crippen LogP contribution in [0.1, 0.15) is 88.5 Å². The summed E-state index contributed by atoms with van der Waals surface area (Å²) in [6, 6.07) is 0. The Labute approximate surface area is 111 Å². The standard InChI is InChI=1S/C17H36/c1-14(2,3)11-17(10,12-15(4,5)6)13-16(7,8)9/h11-13H2,1-10H3. The average Bonchev–Trinajstić information content (AvgIpc) is 1.65. The van der Waals surface area contributed by atoms with Crippen LogP contribution in [0.3, 0.4) is 0 Å². The third kappa shape index (κ3) is 9.68. The molecule has 0 aromatic heterocycles. The Morgan fingerprint density at radius 1 is 0.412 bits per heavy atom. The third-order valence-corrected chi connectivity index (χ3v) is 2.87. The predicted molar refractivity (Wildman–Crippen MR) is 80.3 cm³/mol. The van der Waals surface area contributed by atoms with E-state index in [1.807, 2.05) is 0 Å². The summed E-state index contributed by atoms with van der Waals surface area (Å²) in [7, 11) is 0. The van der Waals surface area contributed by atoms with E-state index in [9.17, 15) is 0 Å². The highest BCUT2D eigenvalue weighted by molar-refractivity contribution is 4.87. The highest BCUT2D eigenvalue weighted by Crippen LogP contribution is 2.48. The van der Waals surface area contributed by atoms with E-state index in [2.05, 4.69) is 69.2 Å². The Morgan fingerprint density at radius 3 is 0.706 bits per heavy atom. The second-order valence-electron chi connectivity index (χ2n) is 10.0. The molecular formula is C17H36. The number of hydrogen-bond acceptors (Lipinski definition) is 0. The minimum absolute atomic E-state index is 0.422. The van der Waals surface area contributed by atoms with Crippen LogP contribution in [-0.4, -0.2) is 0 Å². The molecule has 104 valence electrons. The summed E-state index contributed by atoms with van der Waals surface area (Å²) in [5.74, 6) is 0. The molecule has 0 rings (SSSR count). The molecule has 0 radical (unpaired) electrons. The molecule has 0 atom stereocenters. The van der Waals surface area contributed by atoms with Gasteiger partial charge >= 0.3 is 0 Å². The third-order valence-electron chi connectivity index (χ3n) is 2.87. The van der Waals surface area contributed by atoms with Gasteiger partial charge in [0.25, 0.3) is 0 Å². The number of hydrogen-bond donors (Lipinski definition) is 0. The van der Waals surface area contributed by atoms with Gasteiger partial charge in [0.15, 0.2) is 0 Å². The molecule has 0 unspecified atom stereocenters. The van der Waals surface area contributed by atoms with Crippen molar-refractivity contribution in [2.45, 2.75) is 88.5 Å². The Kier molecular flexibility index (Phi) is 4.94. The molecule has 0 heteroatoms. The summed E-state index contributed by atoms with van der Waals surface area (Å²) in [4.78, 5) is 0. The normalized spacial score (nSPS) is 15.2. The second-order valence-corrected chi connectivity index (χ2v) is 10.0. The molecule has 0 amide bonds. The zero-order chi connectivity index (χ0) is 14.1. The molecular weight excluding hydrogens is 204 g/mol. The van der Waals surface area contributed by atoms with Crippen LogP contribution in [0.25, 0.3) is 0 Å². The van der Waals surface area contributed by atoms with Crippen molar-refractivity contribution in [1.82, 2.24) is 0 Å². The maximum absolute atomic E-state index is 2.49. The van der Waals surface area contributed by atoms with Crippen molar-refractivity contribution < 1.29 is 0 Å². The van der Waals surface area contributed by atoms with Gasteiger partial charge in [0.2, 0.25) is 0 Å². The van der Waals surface area contributed by atoms with Crippen molar-refractivity contribution in [3.8, 4) is 0 Å². The zero-order valence-corrected chi connectivity index (χ0v) is 14.1. The predicted octanol–water partition coefficient (Wildman–Crippen LogP) is 6.30. The lowest BCUT2D eigenvalue weighted by atomic mass is 9.62. The van der Waals surface area contributed by atoms with Gasteiger partial charge in [-0.1, -0.05) is 69.2 Å². The Morgan fingerprint density at radius 2 is 0.588 bits per heavy atom. The number of rotatable bonds is 3. The Hall–Kier alpha value is 0. The quantitative estimate of drug-likeness (QED) is 0.543. The van der Waals surface area contributed by atoms with E-state index in [-0.39, 0.29) is 0 Å². The molecule has 0 nitrogen and oxygen atoms in total. The van der Waals surface area contributed by atoms with Crippen molar-refractivity contribution in [2.75, 3.05) is 0 Å². The van der Waals surface area contributed by atoms with E-state index in [0.29, 0.717) is 21.7 Å². The van der Waals surface area contributed by atoms with E-state index in [1.165, 1.54) is 19.3 Å². The summed E-state index contributed by atoms with van der Waals surface area (Å²) < 4.78 is 0. The molecule has 0 aromatic carbocycles. The van der Waals surface area contributed by atoms with Crippen LogP contribution in [0.15, 0.2) is 0 Å². The molecule has 0 heterocycles. The van der Waals surface area contributed by atoms with Crippen LogP contribution in [0.5, 0.6) is 0 Å². The monoisotopic (exact) mass is 240 g/mol. The molecule has 0 bridgehead atoms. The maximum atomic E-state index is 2.49. The van der Waals surface area contributed by atoms with Gasteiger partial charge in [-0.05, 0) is 40.9 Å². The van der Waals surface area contributed by atoms with Gasteiger partial charge in [-0.3, -0.25) is 0 Å². The highest BCUT2D eigenvalue weighted by Gasteiger charge is 2.36. The van der Waals surface area contributed by atoms with Crippen LogP contribution in [0, 0.1) is 21.7 Å². The summed E-state index contributed by atoms with van der Waals surface area (Å²) >= 11 is 0. The molecule has 0 aromatic rings. The maximum Gasteiger partial charge on any atom is -0.0311 e. The lowest BCUT2D eigenvalue weighted by Gasteiger charge is -2.43. The molecule has 0 saturated carbocycles. The molecule has 0 aliphatic rings. The smallest absolute Gasteiger partial charge is 0.0311 e. The minimum atomic E-state index is 0.422. The van der Waals surface area contributed by atoms with E-state index >= 15 is 0 Å². The molecule has 0 spiro atoms. The van der Waals surface area contributed by atoms with Crippen LogP contribution in [0.2, 0.25) is 0 Å². The molecule has 17 heavy (non-hydrogen) atoms. The van der Waals surface area contributed by atoms with Crippen LogP contribution < -0.4 is 0 Å².